The molecule has 26 heavy (non-hydrogen) atoms. The Labute approximate surface area is 153 Å². The second kappa shape index (κ2) is 8.29. The van der Waals surface area contributed by atoms with E-state index >= 15 is 0 Å². The Kier molecular flexibility index (Phi) is 5.63. The Morgan fingerprint density at radius 1 is 1.19 bits per heavy atom. The van der Waals surface area contributed by atoms with E-state index in [1.165, 1.54) is 0 Å². The summed E-state index contributed by atoms with van der Waals surface area (Å²) in [5.41, 5.74) is 2.74. The lowest BCUT2D eigenvalue weighted by Gasteiger charge is -2.15. The largest absolute Gasteiger partial charge is 0.364 e. The Balaban J connectivity index is 1.62. The van der Waals surface area contributed by atoms with Gasteiger partial charge in [0.1, 0.15) is 5.82 Å². The highest BCUT2D eigenvalue weighted by molar-refractivity contribution is 5.94. The van der Waals surface area contributed by atoms with Crippen molar-refractivity contribution in [3.63, 3.8) is 0 Å². The van der Waals surface area contributed by atoms with Gasteiger partial charge in [-0.1, -0.05) is 19.1 Å². The summed E-state index contributed by atoms with van der Waals surface area (Å²) in [7, 11) is 0. The molecule has 0 aliphatic heterocycles. The van der Waals surface area contributed by atoms with Gasteiger partial charge in [-0.3, -0.25) is 4.79 Å². The van der Waals surface area contributed by atoms with Gasteiger partial charge in [0.15, 0.2) is 0 Å². The van der Waals surface area contributed by atoms with Crippen LogP contribution in [0.4, 0.5) is 5.82 Å². The third-order valence-corrected chi connectivity index (χ3v) is 4.09. The van der Waals surface area contributed by atoms with Gasteiger partial charge < -0.3 is 10.6 Å². The van der Waals surface area contributed by atoms with Crippen molar-refractivity contribution in [1.82, 2.24) is 20.1 Å². The highest BCUT2D eigenvalue weighted by Crippen LogP contribution is 2.19. The Hall–Kier alpha value is -3.15. The van der Waals surface area contributed by atoms with E-state index < -0.39 is 0 Å². The molecule has 0 aliphatic carbocycles. The molecule has 0 bridgehead atoms. The van der Waals surface area contributed by atoms with Crippen molar-refractivity contribution in [2.45, 2.75) is 26.3 Å². The van der Waals surface area contributed by atoms with E-state index in [9.17, 15) is 4.79 Å². The van der Waals surface area contributed by atoms with Crippen LogP contribution in [0, 0.1) is 0 Å². The molecule has 0 spiro atoms. The van der Waals surface area contributed by atoms with Gasteiger partial charge in [-0.2, -0.15) is 5.10 Å². The van der Waals surface area contributed by atoms with E-state index in [-0.39, 0.29) is 11.9 Å². The van der Waals surface area contributed by atoms with Crippen LogP contribution in [0.25, 0.3) is 5.69 Å². The fraction of sp³-hybridized carbons (Fsp3) is 0.250. The monoisotopic (exact) mass is 349 g/mol. The Morgan fingerprint density at radius 2 is 2.00 bits per heavy atom. The summed E-state index contributed by atoms with van der Waals surface area (Å²) in [6.07, 6.45) is 6.19. The lowest BCUT2D eigenvalue weighted by Crippen LogP contribution is -2.24. The van der Waals surface area contributed by atoms with E-state index in [0.717, 1.165) is 23.5 Å². The molecule has 3 rings (SSSR count). The normalized spacial score (nSPS) is 11.8. The van der Waals surface area contributed by atoms with Gasteiger partial charge >= 0.3 is 0 Å². The van der Waals surface area contributed by atoms with E-state index in [0.29, 0.717) is 12.1 Å². The number of rotatable bonds is 7. The number of hydrogen-bond donors (Lipinski definition) is 2. The van der Waals surface area contributed by atoms with Crippen molar-refractivity contribution >= 4 is 11.7 Å². The molecule has 3 aromatic rings. The van der Waals surface area contributed by atoms with Crippen molar-refractivity contribution in [1.29, 1.82) is 0 Å². The van der Waals surface area contributed by atoms with Gasteiger partial charge in [0.05, 0.1) is 11.3 Å². The third kappa shape index (κ3) is 4.27. The maximum Gasteiger partial charge on any atom is 0.252 e. The van der Waals surface area contributed by atoms with Crippen molar-refractivity contribution < 1.29 is 4.79 Å². The molecule has 6 nitrogen and oxygen atoms in total. The van der Waals surface area contributed by atoms with Crippen molar-refractivity contribution in [3.8, 4) is 5.69 Å². The van der Waals surface area contributed by atoms with Crippen LogP contribution in [0.1, 0.15) is 42.2 Å². The summed E-state index contributed by atoms with van der Waals surface area (Å²) in [5, 5.41) is 10.4. The molecule has 1 unspecified atom stereocenters. The highest BCUT2D eigenvalue weighted by Gasteiger charge is 2.09. The quantitative estimate of drug-likeness (QED) is 0.684. The van der Waals surface area contributed by atoms with Gasteiger partial charge in [0.25, 0.3) is 5.91 Å². The molecule has 134 valence electrons. The minimum Gasteiger partial charge on any atom is -0.364 e. The highest BCUT2D eigenvalue weighted by atomic mass is 16.1. The molecule has 2 aromatic heterocycles. The first-order chi connectivity index (χ1) is 12.7. The molecule has 0 saturated carbocycles. The van der Waals surface area contributed by atoms with Gasteiger partial charge in [-0.25, -0.2) is 9.67 Å². The van der Waals surface area contributed by atoms with Crippen LogP contribution in [0.2, 0.25) is 0 Å². The molecule has 0 saturated heterocycles. The van der Waals surface area contributed by atoms with Gasteiger partial charge in [0, 0.05) is 31.2 Å². The number of benzene rings is 1. The Morgan fingerprint density at radius 3 is 2.62 bits per heavy atom. The summed E-state index contributed by atoms with van der Waals surface area (Å²) in [5.74, 6) is 0.647. The molecule has 0 fully saturated rings. The molecule has 2 N–H and O–H groups in total. The first kappa shape index (κ1) is 17.7. The minimum atomic E-state index is -0.0897. The van der Waals surface area contributed by atoms with Crippen LogP contribution in [0.5, 0.6) is 0 Å². The molecule has 2 heterocycles. The first-order valence-electron chi connectivity index (χ1n) is 8.78. The number of nitrogens with one attached hydrogen (secondary N) is 2. The molecule has 0 aliphatic rings. The summed E-state index contributed by atoms with van der Waals surface area (Å²) in [4.78, 5) is 16.3. The van der Waals surface area contributed by atoms with Crippen LogP contribution < -0.4 is 10.6 Å². The second-order valence-electron chi connectivity index (χ2n) is 6.10. The lowest BCUT2D eigenvalue weighted by molar-refractivity contribution is 0.0953. The summed E-state index contributed by atoms with van der Waals surface area (Å²) in [6, 6.07) is 13.8. The fourth-order valence-corrected chi connectivity index (χ4v) is 2.60. The number of carbonyl (C=O) groups is 1. The predicted molar refractivity (Wildman–Crippen MR) is 102 cm³/mol. The minimum absolute atomic E-state index is 0.0897. The molecule has 1 atom stereocenters. The second-order valence-corrected chi connectivity index (χ2v) is 6.10. The standard InChI is InChI=1S/C20H23N5O/c1-3-11-21-20(26)17-7-10-19(22-14-17)24-15(2)16-5-8-18(9-6-16)25-13-4-12-23-25/h4-10,12-15H,3,11H2,1-2H3,(H,21,26)(H,22,24). The SMILES string of the molecule is CCCNC(=O)c1ccc(NC(C)c2ccc(-n3cccn3)cc2)nc1. The predicted octanol–water partition coefficient (Wildman–Crippen LogP) is 3.58. The smallest absolute Gasteiger partial charge is 0.252 e. The van der Waals surface area contributed by atoms with Crippen molar-refractivity contribution in [2.75, 3.05) is 11.9 Å². The molecule has 0 radical (unpaired) electrons. The number of pyridine rings is 1. The van der Waals surface area contributed by atoms with Crippen LogP contribution in [0.15, 0.2) is 61.1 Å². The van der Waals surface area contributed by atoms with E-state index in [1.807, 2.05) is 42.1 Å². The number of anilines is 1. The molecular formula is C20H23N5O. The zero-order chi connectivity index (χ0) is 18.4. The van der Waals surface area contributed by atoms with E-state index in [4.69, 9.17) is 0 Å². The zero-order valence-corrected chi connectivity index (χ0v) is 15.0. The number of aromatic nitrogens is 3. The van der Waals surface area contributed by atoms with Gasteiger partial charge in [-0.05, 0) is 49.2 Å². The average Bonchev–Trinajstić information content (AvgIpc) is 3.21. The van der Waals surface area contributed by atoms with Crippen LogP contribution >= 0.6 is 0 Å². The molecular weight excluding hydrogens is 326 g/mol. The van der Waals surface area contributed by atoms with Crippen molar-refractivity contribution in [3.05, 3.63) is 72.2 Å². The number of nitrogens with zero attached hydrogens (tertiary/aromatic N) is 3. The molecule has 1 aromatic carbocycles. The average molecular weight is 349 g/mol. The number of hydrogen-bond acceptors (Lipinski definition) is 4. The van der Waals surface area contributed by atoms with Gasteiger partial charge in [0.2, 0.25) is 0 Å². The zero-order valence-electron chi connectivity index (χ0n) is 15.0. The summed E-state index contributed by atoms with van der Waals surface area (Å²) in [6.45, 7) is 4.77. The Bertz CT molecular complexity index is 826. The van der Waals surface area contributed by atoms with Crippen molar-refractivity contribution in [2.24, 2.45) is 0 Å². The lowest BCUT2D eigenvalue weighted by atomic mass is 10.1. The van der Waals surface area contributed by atoms with Crippen LogP contribution in [-0.2, 0) is 0 Å². The summed E-state index contributed by atoms with van der Waals surface area (Å²) < 4.78 is 1.83. The topological polar surface area (TPSA) is 71.8 Å². The maximum absolute atomic E-state index is 11.9. The maximum atomic E-state index is 11.9. The van der Waals surface area contributed by atoms with Gasteiger partial charge in [-0.15, -0.1) is 0 Å². The number of amides is 1. The third-order valence-electron chi connectivity index (χ3n) is 4.09. The number of carbonyl (C=O) groups excluding carboxylic acids is 1. The van der Waals surface area contributed by atoms with Crippen LogP contribution in [-0.4, -0.2) is 27.2 Å². The van der Waals surface area contributed by atoms with Crippen LogP contribution in [0.3, 0.4) is 0 Å². The summed E-state index contributed by atoms with van der Waals surface area (Å²) >= 11 is 0. The van der Waals surface area contributed by atoms with E-state index in [1.54, 1.807) is 18.5 Å². The molecule has 1 amide bonds. The first-order valence-corrected chi connectivity index (χ1v) is 8.78. The fourth-order valence-electron chi connectivity index (χ4n) is 2.60. The van der Waals surface area contributed by atoms with E-state index in [2.05, 4.69) is 39.8 Å². The molecule has 6 heteroatoms.